The summed E-state index contributed by atoms with van der Waals surface area (Å²) in [7, 11) is 0. The van der Waals surface area contributed by atoms with Crippen LogP contribution >= 0.6 is 0 Å². The summed E-state index contributed by atoms with van der Waals surface area (Å²) in [4.78, 5) is 13.6. The van der Waals surface area contributed by atoms with Crippen molar-refractivity contribution >= 4 is 5.78 Å². The molecule has 3 unspecified atom stereocenters. The van der Waals surface area contributed by atoms with Gasteiger partial charge in [-0.1, -0.05) is 0 Å². The second kappa shape index (κ2) is 4.60. The third-order valence-electron chi connectivity index (χ3n) is 3.60. The number of hydrogen-bond acceptors (Lipinski definition) is 4. The average molecular weight is 213 g/mol. The monoisotopic (exact) mass is 213 g/mol. The highest BCUT2D eigenvalue weighted by Crippen LogP contribution is 2.26. The van der Waals surface area contributed by atoms with Crippen LogP contribution in [0.4, 0.5) is 0 Å². The van der Waals surface area contributed by atoms with Gasteiger partial charge in [-0.05, 0) is 19.3 Å². The van der Waals surface area contributed by atoms with Gasteiger partial charge in [0.25, 0.3) is 0 Å². The number of carbonyl (C=O) groups is 1. The molecule has 2 rings (SSSR count). The lowest BCUT2D eigenvalue weighted by Gasteiger charge is -2.24. The molecule has 1 saturated carbocycles. The second-order valence-corrected chi connectivity index (χ2v) is 4.74. The summed E-state index contributed by atoms with van der Waals surface area (Å²) in [6, 6.07) is 0.0494. The molecule has 2 fully saturated rings. The van der Waals surface area contributed by atoms with Gasteiger partial charge >= 0.3 is 0 Å². The molecule has 1 saturated heterocycles. The van der Waals surface area contributed by atoms with Crippen molar-refractivity contribution in [3.05, 3.63) is 0 Å². The second-order valence-electron chi connectivity index (χ2n) is 4.74. The van der Waals surface area contributed by atoms with Crippen molar-refractivity contribution in [3.8, 4) is 0 Å². The van der Waals surface area contributed by atoms with E-state index < -0.39 is 0 Å². The SMILES string of the molecule is O=C1CCCC1CN1CC(O)CC1CO. The number of aliphatic hydroxyl groups is 2. The van der Waals surface area contributed by atoms with Crippen molar-refractivity contribution in [1.29, 1.82) is 0 Å². The third kappa shape index (κ3) is 2.38. The van der Waals surface area contributed by atoms with Gasteiger partial charge in [0.2, 0.25) is 0 Å². The Morgan fingerprint density at radius 2 is 2.27 bits per heavy atom. The summed E-state index contributed by atoms with van der Waals surface area (Å²) >= 11 is 0. The van der Waals surface area contributed by atoms with E-state index in [1.165, 1.54) is 0 Å². The van der Waals surface area contributed by atoms with E-state index in [4.69, 9.17) is 5.11 Å². The molecule has 1 aliphatic carbocycles. The van der Waals surface area contributed by atoms with Crippen molar-refractivity contribution < 1.29 is 15.0 Å². The minimum Gasteiger partial charge on any atom is -0.395 e. The largest absolute Gasteiger partial charge is 0.395 e. The van der Waals surface area contributed by atoms with E-state index in [1.807, 2.05) is 0 Å². The lowest BCUT2D eigenvalue weighted by atomic mass is 10.1. The first-order valence-corrected chi connectivity index (χ1v) is 5.76. The topological polar surface area (TPSA) is 60.8 Å². The van der Waals surface area contributed by atoms with Gasteiger partial charge in [0.15, 0.2) is 0 Å². The molecule has 0 radical (unpaired) electrons. The molecule has 0 aromatic heterocycles. The molecule has 4 nitrogen and oxygen atoms in total. The molecule has 2 N–H and O–H groups in total. The lowest BCUT2D eigenvalue weighted by Crippen LogP contribution is -2.37. The summed E-state index contributed by atoms with van der Waals surface area (Å²) in [5, 5.41) is 18.7. The van der Waals surface area contributed by atoms with E-state index in [1.54, 1.807) is 0 Å². The Hall–Kier alpha value is -0.450. The Bertz CT molecular complexity index is 244. The minimum atomic E-state index is -0.335. The fraction of sp³-hybridized carbons (Fsp3) is 0.909. The zero-order valence-electron chi connectivity index (χ0n) is 8.93. The summed E-state index contributed by atoms with van der Waals surface area (Å²) < 4.78 is 0. The van der Waals surface area contributed by atoms with Crippen LogP contribution < -0.4 is 0 Å². The zero-order valence-corrected chi connectivity index (χ0v) is 8.93. The van der Waals surface area contributed by atoms with Crippen LogP contribution in [0.25, 0.3) is 0 Å². The number of carbonyl (C=O) groups excluding carboxylic acids is 1. The molecule has 0 bridgehead atoms. The molecule has 4 heteroatoms. The minimum absolute atomic E-state index is 0.0494. The molecule has 0 amide bonds. The van der Waals surface area contributed by atoms with Crippen molar-refractivity contribution in [2.24, 2.45) is 5.92 Å². The summed E-state index contributed by atoms with van der Waals surface area (Å²) in [6.07, 6.45) is 2.99. The number of hydrogen-bond donors (Lipinski definition) is 2. The Kier molecular flexibility index (Phi) is 3.38. The van der Waals surface area contributed by atoms with Crippen LogP contribution in [0.15, 0.2) is 0 Å². The van der Waals surface area contributed by atoms with Gasteiger partial charge in [0, 0.05) is 31.5 Å². The molecule has 1 heterocycles. The third-order valence-corrected chi connectivity index (χ3v) is 3.60. The van der Waals surface area contributed by atoms with Crippen molar-refractivity contribution in [2.45, 2.75) is 37.8 Å². The maximum absolute atomic E-state index is 11.5. The number of ketones is 1. The van der Waals surface area contributed by atoms with E-state index in [0.29, 0.717) is 25.2 Å². The molecule has 3 atom stereocenters. The molecular weight excluding hydrogens is 194 g/mol. The van der Waals surface area contributed by atoms with Gasteiger partial charge in [-0.2, -0.15) is 0 Å². The molecule has 0 aromatic rings. The maximum Gasteiger partial charge on any atom is 0.137 e. The van der Waals surface area contributed by atoms with Gasteiger partial charge in [-0.3, -0.25) is 9.69 Å². The first kappa shape index (κ1) is 11.0. The standard InChI is InChI=1S/C11H19NO3/c13-7-9-4-10(14)6-12(9)5-8-2-1-3-11(8)15/h8-10,13-14H,1-7H2. The van der Waals surface area contributed by atoms with Crippen LogP contribution in [-0.4, -0.2) is 52.7 Å². The van der Waals surface area contributed by atoms with Crippen molar-refractivity contribution in [2.75, 3.05) is 19.7 Å². The summed E-state index contributed by atoms with van der Waals surface area (Å²) in [6.45, 7) is 1.41. The number of β-amino-alcohol motifs (C(OH)–C–C–N with tert-alkyl or cyclic N) is 1. The maximum atomic E-state index is 11.5. The molecule has 0 spiro atoms. The highest BCUT2D eigenvalue weighted by Gasteiger charge is 2.34. The van der Waals surface area contributed by atoms with Crippen LogP contribution in [0.2, 0.25) is 0 Å². The van der Waals surface area contributed by atoms with E-state index >= 15 is 0 Å². The van der Waals surface area contributed by atoms with Crippen LogP contribution in [0.3, 0.4) is 0 Å². The van der Waals surface area contributed by atoms with Gasteiger partial charge < -0.3 is 10.2 Å². The fourth-order valence-electron chi connectivity index (χ4n) is 2.74. The Labute approximate surface area is 89.9 Å². The predicted molar refractivity (Wildman–Crippen MR) is 55.4 cm³/mol. The number of rotatable bonds is 3. The number of aliphatic hydroxyl groups excluding tert-OH is 2. The van der Waals surface area contributed by atoms with E-state index in [9.17, 15) is 9.90 Å². The highest BCUT2D eigenvalue weighted by atomic mass is 16.3. The molecule has 1 aliphatic heterocycles. The molecule has 2 aliphatic rings. The van der Waals surface area contributed by atoms with E-state index in [-0.39, 0.29) is 24.7 Å². The van der Waals surface area contributed by atoms with Crippen LogP contribution in [0.1, 0.15) is 25.7 Å². The van der Waals surface area contributed by atoms with Crippen LogP contribution in [0.5, 0.6) is 0 Å². The highest BCUT2D eigenvalue weighted by molar-refractivity contribution is 5.83. The zero-order chi connectivity index (χ0) is 10.8. The van der Waals surface area contributed by atoms with Crippen molar-refractivity contribution in [3.63, 3.8) is 0 Å². The van der Waals surface area contributed by atoms with Gasteiger partial charge in [0.1, 0.15) is 5.78 Å². The quantitative estimate of drug-likeness (QED) is 0.680. The van der Waals surface area contributed by atoms with Gasteiger partial charge in [0.05, 0.1) is 12.7 Å². The summed E-state index contributed by atoms with van der Waals surface area (Å²) in [5.41, 5.74) is 0. The normalized spacial score (nSPS) is 37.7. The smallest absolute Gasteiger partial charge is 0.137 e. The number of Topliss-reactive ketones (excluding diaryl/α,β-unsaturated/α-hetero) is 1. The van der Waals surface area contributed by atoms with Gasteiger partial charge in [-0.15, -0.1) is 0 Å². The Morgan fingerprint density at radius 3 is 2.87 bits per heavy atom. The fourth-order valence-corrected chi connectivity index (χ4v) is 2.74. The van der Waals surface area contributed by atoms with Crippen LogP contribution in [-0.2, 0) is 4.79 Å². The number of nitrogens with zero attached hydrogens (tertiary/aromatic N) is 1. The average Bonchev–Trinajstić information content (AvgIpc) is 2.75. The van der Waals surface area contributed by atoms with Gasteiger partial charge in [-0.25, -0.2) is 0 Å². The Morgan fingerprint density at radius 1 is 1.47 bits per heavy atom. The predicted octanol–water partition coefficient (Wildman–Crippen LogP) is -0.217. The summed E-state index contributed by atoms with van der Waals surface area (Å²) in [5.74, 6) is 0.498. The molecular formula is C11H19NO3. The van der Waals surface area contributed by atoms with E-state index in [0.717, 1.165) is 19.4 Å². The first-order valence-electron chi connectivity index (χ1n) is 5.76. The van der Waals surface area contributed by atoms with E-state index in [2.05, 4.69) is 4.90 Å². The molecule has 86 valence electrons. The van der Waals surface area contributed by atoms with Crippen LogP contribution in [0, 0.1) is 5.92 Å². The molecule has 0 aromatic carbocycles. The lowest BCUT2D eigenvalue weighted by molar-refractivity contribution is -0.121. The number of likely N-dealkylation sites (tertiary alicyclic amines) is 1. The first-order chi connectivity index (χ1) is 7.20. The molecule has 15 heavy (non-hydrogen) atoms. The Balaban J connectivity index is 1.90. The van der Waals surface area contributed by atoms with Crippen molar-refractivity contribution in [1.82, 2.24) is 4.90 Å².